The van der Waals surface area contributed by atoms with Gasteiger partial charge in [0.25, 0.3) is 0 Å². The predicted octanol–water partition coefficient (Wildman–Crippen LogP) is 2.95. The molecule has 0 aromatic rings. The molecule has 0 saturated carbocycles. The van der Waals surface area contributed by atoms with E-state index in [1.807, 2.05) is 0 Å². The number of halogens is 3. The van der Waals surface area contributed by atoms with Gasteiger partial charge in [-0.15, -0.1) is 0 Å². The van der Waals surface area contributed by atoms with E-state index in [1.54, 1.807) is 18.2 Å². The van der Waals surface area contributed by atoms with Crippen LogP contribution in [0.4, 0.5) is 2.86 Å². The molecule has 1 aliphatic heterocycles. The third-order valence-electron chi connectivity index (χ3n) is 0.704. The minimum absolute atomic E-state index is 1.47. The second kappa shape index (κ2) is 2.27. The van der Waals surface area contributed by atoms with E-state index >= 15 is 0 Å². The van der Waals surface area contributed by atoms with Crippen LogP contribution in [-0.4, -0.2) is 4.01 Å². The minimum atomic E-state index is -3.39. The molecule has 0 spiro atoms. The van der Waals surface area contributed by atoms with Crippen molar-refractivity contribution in [3.63, 3.8) is 0 Å². The van der Waals surface area contributed by atoms with E-state index in [9.17, 15) is 2.86 Å². The molecule has 0 fully saturated rings. The van der Waals surface area contributed by atoms with Crippen molar-refractivity contribution in [1.82, 2.24) is 0 Å². The average Bonchev–Trinajstić information content (AvgIpc) is 1.65. The van der Waals surface area contributed by atoms with Crippen molar-refractivity contribution in [3.05, 3.63) is 22.3 Å². The van der Waals surface area contributed by atoms with Gasteiger partial charge < -0.3 is 0 Å². The summed E-state index contributed by atoms with van der Waals surface area (Å²) in [6.45, 7) is 0. The van der Waals surface area contributed by atoms with Crippen molar-refractivity contribution in [1.29, 1.82) is 0 Å². The Morgan fingerprint density at radius 1 is 1.25 bits per heavy atom. The molecule has 1 rings (SSSR count). The van der Waals surface area contributed by atoms with Crippen LogP contribution in [0.25, 0.3) is 0 Å². The predicted molar refractivity (Wildman–Crippen MR) is 45.3 cm³/mol. The van der Waals surface area contributed by atoms with E-state index < -0.39 is 17.4 Å². The summed E-state index contributed by atoms with van der Waals surface area (Å²) in [5.41, 5.74) is 0. The molecule has 1 unspecified atom stereocenters. The molecule has 8 heavy (non-hydrogen) atoms. The van der Waals surface area contributed by atoms with Gasteiger partial charge in [0.1, 0.15) is 0 Å². The standard InChI is InChI=1S/C5H5ClFI/c6-8(7)4-2-1-3-5-8/h1-5H. The zero-order valence-electron chi connectivity index (χ0n) is 4.02. The third kappa shape index (κ3) is 1.67. The molecule has 0 aliphatic carbocycles. The van der Waals surface area contributed by atoms with Gasteiger partial charge in [0.05, 0.1) is 0 Å². The summed E-state index contributed by atoms with van der Waals surface area (Å²) in [5.74, 6) is 0. The van der Waals surface area contributed by atoms with Gasteiger partial charge in [0, 0.05) is 0 Å². The molecule has 1 atom stereocenters. The SMILES string of the molecule is FI1(Cl)=CC=CC=C1. The zero-order chi connectivity index (χ0) is 6.04. The topological polar surface area (TPSA) is 0 Å². The first-order valence-corrected chi connectivity index (χ1v) is 8.09. The Labute approximate surface area is 55.5 Å². The summed E-state index contributed by atoms with van der Waals surface area (Å²) >= 11 is -3.39. The summed E-state index contributed by atoms with van der Waals surface area (Å²) in [6.07, 6.45) is 5.08. The first-order valence-electron chi connectivity index (χ1n) is 2.06. The fraction of sp³-hybridized carbons (Fsp3) is 0. The van der Waals surface area contributed by atoms with Gasteiger partial charge in [-0.3, -0.25) is 0 Å². The molecule has 0 aromatic heterocycles. The number of rotatable bonds is 0. The Balaban J connectivity index is 3.00. The van der Waals surface area contributed by atoms with Crippen molar-refractivity contribution >= 4 is 30.3 Å². The Morgan fingerprint density at radius 2 is 2.00 bits per heavy atom. The van der Waals surface area contributed by atoms with Gasteiger partial charge in [-0.2, -0.15) is 0 Å². The normalized spacial score (nSPS) is 42.8. The molecule has 46 valence electrons. The molecule has 0 radical (unpaired) electrons. The molecule has 0 nitrogen and oxygen atoms in total. The average molecular weight is 246 g/mol. The number of allylic oxidation sites excluding steroid dienone is 3. The van der Waals surface area contributed by atoms with Crippen molar-refractivity contribution in [2.45, 2.75) is 0 Å². The van der Waals surface area contributed by atoms with Gasteiger partial charge >= 0.3 is 55.5 Å². The van der Waals surface area contributed by atoms with Gasteiger partial charge in [0.15, 0.2) is 0 Å². The quantitative estimate of drug-likeness (QED) is 0.577. The molecular formula is C5H5ClFI. The van der Waals surface area contributed by atoms with Gasteiger partial charge in [-0.05, 0) is 0 Å². The maximum atomic E-state index is 12.6. The summed E-state index contributed by atoms with van der Waals surface area (Å²) in [6, 6.07) is 0. The second-order valence-electron chi connectivity index (χ2n) is 1.34. The van der Waals surface area contributed by atoms with E-state index in [1.165, 1.54) is 8.09 Å². The zero-order valence-corrected chi connectivity index (χ0v) is 6.93. The van der Waals surface area contributed by atoms with Crippen LogP contribution in [0.3, 0.4) is 0 Å². The fourth-order valence-corrected chi connectivity index (χ4v) is 2.95. The third-order valence-corrected chi connectivity index (χ3v) is 4.73. The summed E-state index contributed by atoms with van der Waals surface area (Å²) < 4.78 is 15.6. The Hall–Kier alpha value is 0.300. The van der Waals surface area contributed by atoms with Crippen LogP contribution in [0.15, 0.2) is 22.3 Å². The first kappa shape index (κ1) is 6.42. The van der Waals surface area contributed by atoms with E-state index in [2.05, 4.69) is 0 Å². The Kier molecular flexibility index (Phi) is 1.82. The molecule has 0 bridgehead atoms. The van der Waals surface area contributed by atoms with Crippen LogP contribution in [0.2, 0.25) is 0 Å². The molecule has 0 amide bonds. The Morgan fingerprint density at radius 3 is 2.25 bits per heavy atom. The molecular weight excluding hydrogens is 241 g/mol. The van der Waals surface area contributed by atoms with E-state index in [0.717, 1.165) is 0 Å². The summed E-state index contributed by atoms with van der Waals surface area (Å²) in [4.78, 5) is 0. The van der Waals surface area contributed by atoms with E-state index in [-0.39, 0.29) is 0 Å². The maximum absolute atomic E-state index is 12.6. The van der Waals surface area contributed by atoms with Crippen LogP contribution < -0.4 is 0 Å². The van der Waals surface area contributed by atoms with Crippen molar-refractivity contribution in [2.24, 2.45) is 0 Å². The van der Waals surface area contributed by atoms with Gasteiger partial charge in [-0.25, -0.2) is 0 Å². The van der Waals surface area contributed by atoms with Crippen LogP contribution in [-0.2, 0) is 0 Å². The molecule has 0 N–H and O–H groups in total. The molecule has 1 heterocycles. The van der Waals surface area contributed by atoms with Gasteiger partial charge in [-0.1, -0.05) is 0 Å². The monoisotopic (exact) mass is 246 g/mol. The van der Waals surface area contributed by atoms with Crippen LogP contribution >= 0.6 is 26.3 Å². The van der Waals surface area contributed by atoms with Crippen LogP contribution in [0, 0.1) is 0 Å². The Bertz CT molecular complexity index is 187. The van der Waals surface area contributed by atoms with E-state index in [0.29, 0.717) is 0 Å². The summed E-state index contributed by atoms with van der Waals surface area (Å²) in [5, 5.41) is 0. The fourth-order valence-electron chi connectivity index (χ4n) is 0.384. The van der Waals surface area contributed by atoms with E-state index in [4.69, 9.17) is 8.91 Å². The molecule has 1 aliphatic rings. The van der Waals surface area contributed by atoms with Crippen molar-refractivity contribution < 1.29 is 2.86 Å². The number of hydrogen-bond acceptors (Lipinski definition) is 0. The molecule has 0 aromatic carbocycles. The summed E-state index contributed by atoms with van der Waals surface area (Å²) in [7, 11) is 5.39. The van der Waals surface area contributed by atoms with Gasteiger partial charge in [0.2, 0.25) is 0 Å². The van der Waals surface area contributed by atoms with Crippen LogP contribution in [0.1, 0.15) is 0 Å². The van der Waals surface area contributed by atoms with Crippen molar-refractivity contribution in [3.8, 4) is 0 Å². The second-order valence-corrected chi connectivity index (χ2v) is 8.63. The molecule has 3 heteroatoms. The number of hydrogen-bond donors (Lipinski definition) is 0. The molecule has 0 saturated heterocycles. The van der Waals surface area contributed by atoms with Crippen molar-refractivity contribution in [2.75, 3.05) is 0 Å². The first-order chi connectivity index (χ1) is 3.71. The van der Waals surface area contributed by atoms with Crippen LogP contribution in [0.5, 0.6) is 0 Å².